The number of halogens is 3. The fourth-order valence-electron chi connectivity index (χ4n) is 2.73. The highest BCUT2D eigenvalue weighted by Gasteiger charge is 2.30. The van der Waals surface area contributed by atoms with Crippen LogP contribution in [0.3, 0.4) is 0 Å². The molecule has 25 heavy (non-hydrogen) atoms. The molecule has 3 rings (SSSR count). The van der Waals surface area contributed by atoms with E-state index in [0.29, 0.717) is 29.8 Å². The summed E-state index contributed by atoms with van der Waals surface area (Å²) in [6.45, 7) is 0.982. The van der Waals surface area contributed by atoms with E-state index in [4.69, 9.17) is 0 Å². The van der Waals surface area contributed by atoms with Crippen molar-refractivity contribution in [1.29, 1.82) is 0 Å². The first-order valence-electron chi connectivity index (χ1n) is 7.78. The van der Waals surface area contributed by atoms with Gasteiger partial charge in [0.15, 0.2) is 5.82 Å². The summed E-state index contributed by atoms with van der Waals surface area (Å²) in [5.74, 6) is 0.549. The van der Waals surface area contributed by atoms with Gasteiger partial charge in [-0.3, -0.25) is 4.79 Å². The standard InChI is InChI=1S/C18H16F3N3O/c1-24(10-12-6-8-13(9-7-12)18(19,20)21)11-16-22-15-5-3-2-4-14(15)17(25)23-16/h2-9H,10-11H2,1H3,(H,22,23,25)/p+1. The minimum atomic E-state index is -4.33. The zero-order chi connectivity index (χ0) is 18.0. The Morgan fingerprint density at radius 2 is 1.72 bits per heavy atom. The van der Waals surface area contributed by atoms with Crippen molar-refractivity contribution < 1.29 is 18.1 Å². The Labute approximate surface area is 141 Å². The summed E-state index contributed by atoms with van der Waals surface area (Å²) < 4.78 is 37.8. The summed E-state index contributed by atoms with van der Waals surface area (Å²) >= 11 is 0. The van der Waals surface area contributed by atoms with Gasteiger partial charge in [0.1, 0.15) is 13.1 Å². The van der Waals surface area contributed by atoms with E-state index in [0.717, 1.165) is 22.6 Å². The van der Waals surface area contributed by atoms with Crippen molar-refractivity contribution in [2.24, 2.45) is 0 Å². The van der Waals surface area contributed by atoms with Crippen LogP contribution < -0.4 is 10.5 Å². The first-order valence-corrected chi connectivity index (χ1v) is 7.78. The van der Waals surface area contributed by atoms with Crippen LogP contribution in [0.5, 0.6) is 0 Å². The van der Waals surface area contributed by atoms with Gasteiger partial charge in [0, 0.05) is 5.56 Å². The number of hydrogen-bond acceptors (Lipinski definition) is 2. The van der Waals surface area contributed by atoms with Crippen LogP contribution in [0.15, 0.2) is 53.3 Å². The zero-order valence-electron chi connectivity index (χ0n) is 13.5. The van der Waals surface area contributed by atoms with E-state index in [-0.39, 0.29) is 5.56 Å². The van der Waals surface area contributed by atoms with Crippen LogP contribution in [0, 0.1) is 0 Å². The number of nitrogens with one attached hydrogen (secondary N) is 2. The number of para-hydroxylation sites is 1. The predicted molar refractivity (Wildman–Crippen MR) is 88.1 cm³/mol. The molecule has 2 aromatic carbocycles. The lowest BCUT2D eigenvalue weighted by Gasteiger charge is -2.14. The minimum Gasteiger partial charge on any atom is -0.327 e. The van der Waals surface area contributed by atoms with Gasteiger partial charge in [0.25, 0.3) is 5.56 Å². The third kappa shape index (κ3) is 4.06. The highest BCUT2D eigenvalue weighted by molar-refractivity contribution is 5.77. The molecule has 0 saturated carbocycles. The van der Waals surface area contributed by atoms with Crippen LogP contribution in [0.1, 0.15) is 17.0 Å². The molecular formula is C18H17F3N3O+. The minimum absolute atomic E-state index is 0.192. The van der Waals surface area contributed by atoms with Crippen LogP contribution in [0.2, 0.25) is 0 Å². The van der Waals surface area contributed by atoms with Crippen molar-refractivity contribution >= 4 is 10.9 Å². The third-order valence-electron chi connectivity index (χ3n) is 3.92. The number of quaternary nitrogens is 1. The molecule has 7 heteroatoms. The molecule has 1 heterocycles. The van der Waals surface area contributed by atoms with Gasteiger partial charge in [-0.25, -0.2) is 4.98 Å². The number of hydrogen-bond donors (Lipinski definition) is 2. The number of alkyl halides is 3. The second-order valence-electron chi connectivity index (χ2n) is 6.04. The number of H-pyrrole nitrogens is 1. The monoisotopic (exact) mass is 348 g/mol. The number of nitrogens with zero attached hydrogens (tertiary/aromatic N) is 1. The summed E-state index contributed by atoms with van der Waals surface area (Å²) in [6, 6.07) is 12.2. The number of aromatic amines is 1. The molecule has 0 aliphatic carbocycles. The smallest absolute Gasteiger partial charge is 0.327 e. The lowest BCUT2D eigenvalue weighted by atomic mass is 10.1. The van der Waals surface area contributed by atoms with E-state index >= 15 is 0 Å². The van der Waals surface area contributed by atoms with Crippen molar-refractivity contribution in [2.45, 2.75) is 19.3 Å². The molecule has 1 atom stereocenters. The molecule has 130 valence electrons. The SMILES string of the molecule is C[NH+](Cc1ccc(C(F)(F)F)cc1)Cc1nc2ccccc2c(=O)[nH]1. The lowest BCUT2D eigenvalue weighted by Crippen LogP contribution is -3.06. The Morgan fingerprint density at radius 3 is 2.40 bits per heavy atom. The fraction of sp³-hybridized carbons (Fsp3) is 0.222. The van der Waals surface area contributed by atoms with E-state index < -0.39 is 11.7 Å². The van der Waals surface area contributed by atoms with E-state index in [1.54, 1.807) is 18.2 Å². The number of rotatable bonds is 4. The average Bonchev–Trinajstić information content (AvgIpc) is 2.54. The van der Waals surface area contributed by atoms with E-state index in [1.165, 1.54) is 12.1 Å². The summed E-state index contributed by atoms with van der Waals surface area (Å²) in [6.07, 6.45) is -4.33. The first kappa shape index (κ1) is 17.2. The molecule has 0 bridgehead atoms. The number of benzene rings is 2. The van der Waals surface area contributed by atoms with Gasteiger partial charge in [-0.05, 0) is 24.3 Å². The van der Waals surface area contributed by atoms with Crippen molar-refractivity contribution in [3.05, 3.63) is 75.8 Å². The van der Waals surface area contributed by atoms with Gasteiger partial charge in [-0.1, -0.05) is 24.3 Å². The van der Waals surface area contributed by atoms with Crippen molar-refractivity contribution in [3.63, 3.8) is 0 Å². The molecule has 1 unspecified atom stereocenters. The predicted octanol–water partition coefficient (Wildman–Crippen LogP) is 2.16. The van der Waals surface area contributed by atoms with Gasteiger partial charge >= 0.3 is 6.18 Å². The molecule has 2 N–H and O–H groups in total. The van der Waals surface area contributed by atoms with Crippen LogP contribution in [-0.4, -0.2) is 17.0 Å². The van der Waals surface area contributed by atoms with Gasteiger partial charge in [-0.15, -0.1) is 0 Å². The van der Waals surface area contributed by atoms with E-state index in [2.05, 4.69) is 9.97 Å². The van der Waals surface area contributed by atoms with Crippen LogP contribution in [0.25, 0.3) is 10.9 Å². The van der Waals surface area contributed by atoms with Crippen molar-refractivity contribution in [3.8, 4) is 0 Å². The lowest BCUT2D eigenvalue weighted by molar-refractivity contribution is -0.908. The molecule has 0 aliphatic rings. The van der Waals surface area contributed by atoms with Gasteiger partial charge < -0.3 is 9.88 Å². The summed E-state index contributed by atoms with van der Waals surface area (Å²) in [5.41, 5.74) is 0.564. The number of fused-ring (bicyclic) bond motifs is 1. The molecule has 0 spiro atoms. The highest BCUT2D eigenvalue weighted by Crippen LogP contribution is 2.28. The van der Waals surface area contributed by atoms with E-state index in [1.807, 2.05) is 13.1 Å². The van der Waals surface area contributed by atoms with Crippen molar-refractivity contribution in [1.82, 2.24) is 9.97 Å². The molecule has 4 nitrogen and oxygen atoms in total. The van der Waals surface area contributed by atoms with Crippen LogP contribution >= 0.6 is 0 Å². The summed E-state index contributed by atoms with van der Waals surface area (Å²) in [4.78, 5) is 20.3. The zero-order valence-corrected chi connectivity index (χ0v) is 13.5. The molecule has 1 aromatic heterocycles. The third-order valence-corrected chi connectivity index (χ3v) is 3.92. The Hall–Kier alpha value is -2.67. The fourth-order valence-corrected chi connectivity index (χ4v) is 2.73. The molecule has 0 radical (unpaired) electrons. The van der Waals surface area contributed by atoms with Gasteiger partial charge in [0.2, 0.25) is 0 Å². The quantitative estimate of drug-likeness (QED) is 0.759. The normalized spacial score (nSPS) is 13.1. The topological polar surface area (TPSA) is 50.2 Å². The summed E-state index contributed by atoms with van der Waals surface area (Å²) in [5, 5.41) is 0.534. The Morgan fingerprint density at radius 1 is 1.04 bits per heavy atom. The molecular weight excluding hydrogens is 331 g/mol. The number of aromatic nitrogens is 2. The van der Waals surface area contributed by atoms with Gasteiger partial charge in [-0.2, -0.15) is 13.2 Å². The molecule has 0 fully saturated rings. The van der Waals surface area contributed by atoms with Gasteiger partial charge in [0.05, 0.1) is 23.5 Å². The Bertz CT molecular complexity index is 933. The van der Waals surface area contributed by atoms with Crippen LogP contribution in [-0.2, 0) is 19.3 Å². The summed E-state index contributed by atoms with van der Waals surface area (Å²) in [7, 11) is 1.90. The largest absolute Gasteiger partial charge is 0.416 e. The average molecular weight is 348 g/mol. The molecule has 0 saturated heterocycles. The highest BCUT2D eigenvalue weighted by atomic mass is 19.4. The maximum Gasteiger partial charge on any atom is 0.416 e. The second kappa shape index (κ2) is 6.68. The Balaban J connectivity index is 1.72. The van der Waals surface area contributed by atoms with Crippen molar-refractivity contribution in [2.75, 3.05) is 7.05 Å². The maximum absolute atomic E-state index is 12.6. The molecule has 0 amide bonds. The maximum atomic E-state index is 12.6. The molecule has 0 aliphatic heterocycles. The first-order chi connectivity index (χ1) is 11.8. The Kier molecular flexibility index (Phi) is 4.59. The van der Waals surface area contributed by atoms with E-state index in [9.17, 15) is 18.0 Å². The second-order valence-corrected chi connectivity index (χ2v) is 6.04. The molecule has 3 aromatic rings. The van der Waals surface area contributed by atoms with Crippen LogP contribution in [0.4, 0.5) is 13.2 Å².